The van der Waals surface area contributed by atoms with E-state index in [0.29, 0.717) is 5.56 Å². The van der Waals surface area contributed by atoms with Crippen LogP contribution in [-0.4, -0.2) is 20.4 Å². The minimum absolute atomic E-state index is 0.600. The van der Waals surface area contributed by atoms with Gasteiger partial charge in [0.15, 0.2) is 0 Å². The fourth-order valence-corrected chi connectivity index (χ4v) is 7.55. The highest BCUT2D eigenvalue weighted by Crippen LogP contribution is 2.41. The molecule has 0 saturated heterocycles. The maximum atomic E-state index is 10.7. The molecule has 0 radical (unpaired) electrons. The summed E-state index contributed by atoms with van der Waals surface area (Å²) in [5.41, 5.74) is 11.0. The topological polar surface area (TPSA) is 46.5 Å². The molecule has 224 valence electrons. The lowest BCUT2D eigenvalue weighted by Gasteiger charge is -2.19. The van der Waals surface area contributed by atoms with Crippen LogP contribution in [0.2, 0.25) is 0 Å². The molecule has 0 aliphatic carbocycles. The van der Waals surface area contributed by atoms with Crippen LogP contribution in [0.15, 0.2) is 152 Å². The molecular formula is C43H27N4P. The Morgan fingerprint density at radius 1 is 0.521 bits per heavy atom. The summed E-state index contributed by atoms with van der Waals surface area (Å²) in [5, 5.41) is 16.5. The second kappa shape index (κ2) is 11.2. The molecule has 0 spiro atoms. The Morgan fingerprint density at radius 3 is 1.77 bits per heavy atom. The van der Waals surface area contributed by atoms with Gasteiger partial charge in [0, 0.05) is 44.8 Å². The van der Waals surface area contributed by atoms with Gasteiger partial charge in [-0.1, -0.05) is 99.4 Å². The van der Waals surface area contributed by atoms with E-state index in [4.69, 9.17) is 0 Å². The molecule has 9 aromatic rings. The smallest absolute Gasteiger partial charge is 0.0998 e. The molecule has 0 aliphatic rings. The Labute approximate surface area is 279 Å². The minimum atomic E-state index is 0.600. The summed E-state index contributed by atoms with van der Waals surface area (Å²) in [4.78, 5) is 4.26. The van der Waals surface area contributed by atoms with Crippen molar-refractivity contribution in [2.45, 2.75) is 0 Å². The number of aromatic nitrogens is 3. The Kier molecular flexibility index (Phi) is 6.54. The first-order valence-electron chi connectivity index (χ1n) is 15.8. The molecule has 0 bridgehead atoms. The van der Waals surface area contributed by atoms with Crippen LogP contribution < -0.4 is 5.30 Å². The highest BCUT2D eigenvalue weighted by molar-refractivity contribution is 7.45. The number of rotatable bonds is 5. The van der Waals surface area contributed by atoms with Gasteiger partial charge in [-0.3, -0.25) is 4.98 Å². The molecule has 4 nitrogen and oxygen atoms in total. The van der Waals surface area contributed by atoms with Crippen LogP contribution in [0.5, 0.6) is 0 Å². The summed E-state index contributed by atoms with van der Waals surface area (Å²) in [6, 6.07) is 51.7. The van der Waals surface area contributed by atoms with Crippen molar-refractivity contribution in [2.24, 2.45) is 0 Å². The highest BCUT2D eigenvalue weighted by Gasteiger charge is 2.22. The summed E-state index contributed by atoms with van der Waals surface area (Å²) in [6.45, 7) is 0. The van der Waals surface area contributed by atoms with E-state index < -0.39 is 0 Å². The third-order valence-electron chi connectivity index (χ3n) is 9.33. The van der Waals surface area contributed by atoms with E-state index in [9.17, 15) is 5.26 Å². The average Bonchev–Trinajstić information content (AvgIpc) is 3.67. The van der Waals surface area contributed by atoms with E-state index in [1.54, 1.807) is 12.4 Å². The molecule has 48 heavy (non-hydrogen) atoms. The molecule has 9 rings (SSSR count). The molecule has 3 heterocycles. The molecule has 0 amide bonds. The van der Waals surface area contributed by atoms with Crippen molar-refractivity contribution in [3.63, 3.8) is 0 Å². The molecule has 0 unspecified atom stereocenters. The SMILES string of the molecule is C=Pc1ccc2c3ccccc3n(-c3cc(-c4ccncc4)c(C#N)cc3-n3c4ccccc4c4ccc(-c5ccccc5)cc43)c2c1. The molecule has 0 atom stereocenters. The Bertz CT molecular complexity index is 2750. The largest absolute Gasteiger partial charge is 0.307 e. The Morgan fingerprint density at radius 2 is 1.10 bits per heavy atom. The first-order chi connectivity index (χ1) is 23.7. The maximum absolute atomic E-state index is 10.7. The summed E-state index contributed by atoms with van der Waals surface area (Å²) in [6.07, 6.45) is 7.73. The van der Waals surface area contributed by atoms with E-state index >= 15 is 0 Å². The van der Waals surface area contributed by atoms with Crippen molar-refractivity contribution < 1.29 is 0 Å². The van der Waals surface area contributed by atoms with Crippen molar-refractivity contribution in [3.8, 4) is 39.7 Å². The van der Waals surface area contributed by atoms with E-state index in [-0.39, 0.29) is 0 Å². The molecular weight excluding hydrogens is 603 g/mol. The van der Waals surface area contributed by atoms with Gasteiger partial charge in [-0.2, -0.15) is 5.26 Å². The standard InChI is InChI=1S/C43H27N4P/c1-48-32-16-18-36-34-12-6-8-14-39(34)47(41(36)25-32)43-26-37(29-19-21-45-22-20-29)31(27-44)24-42(43)46-38-13-7-5-11-33(38)35-17-15-30(23-40(35)46)28-9-3-2-4-10-28/h2-26H,1H2. The van der Waals surface area contributed by atoms with Crippen LogP contribution in [0.3, 0.4) is 0 Å². The van der Waals surface area contributed by atoms with E-state index in [1.165, 1.54) is 10.8 Å². The van der Waals surface area contributed by atoms with Crippen LogP contribution in [0.4, 0.5) is 0 Å². The number of benzene rings is 6. The lowest BCUT2D eigenvalue weighted by atomic mass is 9.98. The number of hydrogen-bond donors (Lipinski definition) is 0. The zero-order valence-electron chi connectivity index (χ0n) is 25.9. The fraction of sp³-hybridized carbons (Fsp3) is 0. The van der Waals surface area contributed by atoms with Gasteiger partial charge < -0.3 is 9.13 Å². The second-order valence-electron chi connectivity index (χ2n) is 11.9. The van der Waals surface area contributed by atoms with Gasteiger partial charge in [-0.15, -0.1) is 0 Å². The molecule has 0 N–H and O–H groups in total. The third kappa shape index (κ3) is 4.30. The number of hydrogen-bond acceptors (Lipinski definition) is 2. The van der Waals surface area contributed by atoms with Gasteiger partial charge in [0.05, 0.1) is 45.1 Å². The lowest BCUT2D eigenvalue weighted by molar-refractivity contribution is 1.09. The predicted molar refractivity (Wildman–Crippen MR) is 202 cm³/mol. The van der Waals surface area contributed by atoms with Crippen LogP contribution >= 0.6 is 8.20 Å². The van der Waals surface area contributed by atoms with Gasteiger partial charge in [-0.05, 0) is 71.3 Å². The van der Waals surface area contributed by atoms with Crippen LogP contribution in [0.1, 0.15) is 5.56 Å². The van der Waals surface area contributed by atoms with Crippen molar-refractivity contribution in [2.75, 3.05) is 0 Å². The van der Waals surface area contributed by atoms with E-state index in [1.807, 2.05) is 18.2 Å². The van der Waals surface area contributed by atoms with Crippen molar-refractivity contribution in [1.29, 1.82) is 5.26 Å². The zero-order chi connectivity index (χ0) is 32.2. The highest BCUT2D eigenvalue weighted by atomic mass is 31.1. The van der Waals surface area contributed by atoms with Crippen LogP contribution in [-0.2, 0) is 0 Å². The monoisotopic (exact) mass is 630 g/mol. The van der Waals surface area contributed by atoms with Gasteiger partial charge in [0.25, 0.3) is 0 Å². The normalized spacial score (nSPS) is 11.6. The van der Waals surface area contributed by atoms with Crippen molar-refractivity contribution in [1.82, 2.24) is 14.1 Å². The lowest BCUT2D eigenvalue weighted by Crippen LogP contribution is -2.06. The van der Waals surface area contributed by atoms with Gasteiger partial charge >= 0.3 is 0 Å². The molecule has 6 aromatic carbocycles. The van der Waals surface area contributed by atoms with Gasteiger partial charge in [0.1, 0.15) is 0 Å². The van der Waals surface area contributed by atoms with Gasteiger partial charge in [-0.25, -0.2) is 0 Å². The quantitative estimate of drug-likeness (QED) is 0.178. The fourth-order valence-electron chi connectivity index (χ4n) is 7.15. The number of para-hydroxylation sites is 2. The van der Waals surface area contributed by atoms with E-state index in [0.717, 1.165) is 80.0 Å². The van der Waals surface area contributed by atoms with Crippen LogP contribution in [0, 0.1) is 11.3 Å². The zero-order valence-corrected chi connectivity index (χ0v) is 26.8. The molecule has 0 saturated carbocycles. The number of fused-ring (bicyclic) bond motifs is 6. The summed E-state index contributed by atoms with van der Waals surface area (Å²) < 4.78 is 4.70. The second-order valence-corrected chi connectivity index (χ2v) is 12.7. The van der Waals surface area contributed by atoms with E-state index in [2.05, 4.69) is 148 Å². The van der Waals surface area contributed by atoms with Crippen molar-refractivity contribution in [3.05, 3.63) is 157 Å². The number of nitriles is 1. The molecule has 3 aromatic heterocycles. The van der Waals surface area contributed by atoms with Crippen molar-refractivity contribution >= 4 is 63.4 Å². The Hall–Kier alpha value is -6.27. The summed E-state index contributed by atoms with van der Waals surface area (Å²) in [7, 11) is 0.956. The molecule has 0 fully saturated rings. The number of pyridine rings is 1. The summed E-state index contributed by atoms with van der Waals surface area (Å²) >= 11 is 0. The average molecular weight is 631 g/mol. The minimum Gasteiger partial charge on any atom is -0.307 e. The van der Waals surface area contributed by atoms with Crippen LogP contribution in [0.25, 0.3) is 77.2 Å². The number of nitrogens with zero attached hydrogens (tertiary/aromatic N) is 4. The molecule has 0 aliphatic heterocycles. The first kappa shape index (κ1) is 28.0. The predicted octanol–water partition coefficient (Wildman–Crippen LogP) is 10.5. The summed E-state index contributed by atoms with van der Waals surface area (Å²) in [5.74, 6) is 0. The van der Waals surface area contributed by atoms with Gasteiger partial charge in [0.2, 0.25) is 0 Å². The first-order valence-corrected chi connectivity index (χ1v) is 16.9. The Balaban J connectivity index is 1.47. The molecule has 5 heteroatoms. The third-order valence-corrected chi connectivity index (χ3v) is 9.97. The maximum Gasteiger partial charge on any atom is 0.0998 e.